The van der Waals surface area contributed by atoms with E-state index in [-0.39, 0.29) is 0 Å². The number of esters is 2. The maximum absolute atomic E-state index is 10.7. The molecule has 22 heavy (non-hydrogen) atoms. The second-order valence-electron chi connectivity index (χ2n) is 4.66. The number of nitrogens with two attached hydrogens (primary N) is 1. The molecule has 0 aromatic carbocycles. The molecule has 0 fully saturated rings. The minimum atomic E-state index is -1.18. The third-order valence-corrected chi connectivity index (χ3v) is 1.86. The van der Waals surface area contributed by atoms with Crippen molar-refractivity contribution in [2.24, 2.45) is 5.73 Å². The first kappa shape index (κ1) is 21.8. The highest BCUT2D eigenvalue weighted by Gasteiger charge is 2.19. The predicted molar refractivity (Wildman–Crippen MR) is 70.7 cm³/mol. The predicted octanol–water partition coefficient (Wildman–Crippen LogP) is -0.406. The summed E-state index contributed by atoms with van der Waals surface area (Å²) >= 11 is 0. The zero-order chi connectivity index (χ0) is 17.9. The van der Waals surface area contributed by atoms with Crippen LogP contribution in [0.15, 0.2) is 0 Å². The number of carbonyl (C=O) groups excluding carboxylic acids is 2. The third kappa shape index (κ3) is 15.6. The Balaban J connectivity index is 0. The fourth-order valence-corrected chi connectivity index (χ4v) is 0.647. The van der Waals surface area contributed by atoms with Crippen LogP contribution in [0.25, 0.3) is 0 Å². The number of rotatable bonds is 7. The number of carboxylic acids is 3. The molecule has 0 amide bonds. The summed E-state index contributed by atoms with van der Waals surface area (Å²) in [6.07, 6.45) is -1.67. The van der Waals surface area contributed by atoms with Gasteiger partial charge in [0.25, 0.3) is 0 Å². The van der Waals surface area contributed by atoms with E-state index in [1.165, 1.54) is 13.8 Å². The molecule has 0 atom stereocenters. The van der Waals surface area contributed by atoms with Crippen LogP contribution in [-0.2, 0) is 28.7 Å². The van der Waals surface area contributed by atoms with Gasteiger partial charge in [-0.15, -0.1) is 0 Å². The Kier molecular flexibility index (Phi) is 10.2. The molecule has 126 valence electrons. The SMILES string of the molecule is CC(C)(N)C(=O)O.O=C(O)CCC(=O)OC(=O)CCC(=O)O. The van der Waals surface area contributed by atoms with Gasteiger partial charge in [0, 0.05) is 0 Å². The minimum Gasteiger partial charge on any atom is -0.481 e. The van der Waals surface area contributed by atoms with Crippen LogP contribution in [0.5, 0.6) is 0 Å². The van der Waals surface area contributed by atoms with Gasteiger partial charge in [0.05, 0.1) is 25.7 Å². The quantitative estimate of drug-likeness (QED) is 0.355. The van der Waals surface area contributed by atoms with E-state index >= 15 is 0 Å². The summed E-state index contributed by atoms with van der Waals surface area (Å²) in [6.45, 7) is 2.88. The summed E-state index contributed by atoms with van der Waals surface area (Å²) < 4.78 is 4.15. The molecule has 0 rings (SSSR count). The topological polar surface area (TPSA) is 181 Å². The maximum atomic E-state index is 10.7. The van der Waals surface area contributed by atoms with Gasteiger partial charge >= 0.3 is 29.8 Å². The van der Waals surface area contributed by atoms with Gasteiger partial charge in [0.2, 0.25) is 0 Å². The first-order valence-corrected chi connectivity index (χ1v) is 6.05. The van der Waals surface area contributed by atoms with Crippen LogP contribution in [0.2, 0.25) is 0 Å². The van der Waals surface area contributed by atoms with Crippen LogP contribution in [0.4, 0.5) is 0 Å². The molecule has 0 aromatic rings. The van der Waals surface area contributed by atoms with Crippen molar-refractivity contribution < 1.29 is 44.0 Å². The lowest BCUT2D eigenvalue weighted by atomic mass is 10.1. The zero-order valence-electron chi connectivity index (χ0n) is 12.2. The first-order valence-electron chi connectivity index (χ1n) is 6.05. The summed E-state index contributed by atoms with van der Waals surface area (Å²) in [5, 5.41) is 24.5. The van der Waals surface area contributed by atoms with E-state index in [0.29, 0.717) is 0 Å². The van der Waals surface area contributed by atoms with Crippen LogP contribution in [-0.4, -0.2) is 50.7 Å². The van der Waals surface area contributed by atoms with Crippen LogP contribution in [0.3, 0.4) is 0 Å². The standard InChI is InChI=1S/C8H10O7.C4H9NO2/c9-5(10)1-3-7(13)15-8(14)4-2-6(11)12;1-4(2,5)3(6)7/h1-4H2,(H,9,10)(H,11,12);5H2,1-2H3,(H,6,7). The number of ether oxygens (including phenoxy) is 1. The Morgan fingerprint density at radius 1 is 0.818 bits per heavy atom. The lowest BCUT2D eigenvalue weighted by Crippen LogP contribution is -2.41. The molecule has 5 N–H and O–H groups in total. The lowest BCUT2D eigenvalue weighted by molar-refractivity contribution is -0.162. The average Bonchev–Trinajstić information content (AvgIpc) is 2.33. The Morgan fingerprint density at radius 2 is 1.09 bits per heavy atom. The fraction of sp³-hybridized carbons (Fsp3) is 0.583. The molecule has 0 aliphatic rings. The third-order valence-electron chi connectivity index (χ3n) is 1.86. The molecule has 0 aliphatic carbocycles. The van der Waals surface area contributed by atoms with Crippen molar-refractivity contribution >= 4 is 29.8 Å². The molecule has 10 heteroatoms. The van der Waals surface area contributed by atoms with Gasteiger partial charge in [-0.05, 0) is 13.8 Å². The van der Waals surface area contributed by atoms with Crippen molar-refractivity contribution in [3.05, 3.63) is 0 Å². The van der Waals surface area contributed by atoms with E-state index in [1.54, 1.807) is 0 Å². The second kappa shape index (κ2) is 10.3. The van der Waals surface area contributed by atoms with Crippen molar-refractivity contribution in [1.29, 1.82) is 0 Å². The van der Waals surface area contributed by atoms with Gasteiger partial charge < -0.3 is 25.8 Å². The lowest BCUT2D eigenvalue weighted by Gasteiger charge is -2.09. The molecule has 0 aliphatic heterocycles. The van der Waals surface area contributed by atoms with Gasteiger partial charge in [-0.1, -0.05) is 0 Å². The van der Waals surface area contributed by atoms with E-state index in [9.17, 15) is 24.0 Å². The van der Waals surface area contributed by atoms with Gasteiger partial charge in [-0.3, -0.25) is 24.0 Å². The summed E-state index contributed by atoms with van der Waals surface area (Å²) in [5.41, 5.74) is 4.00. The van der Waals surface area contributed by atoms with Crippen molar-refractivity contribution in [3.63, 3.8) is 0 Å². The van der Waals surface area contributed by atoms with Gasteiger partial charge in [-0.25, -0.2) is 0 Å². The van der Waals surface area contributed by atoms with Crippen LogP contribution >= 0.6 is 0 Å². The summed E-state index contributed by atoms with van der Waals surface area (Å²) in [5.74, 6) is -5.26. The second-order valence-corrected chi connectivity index (χ2v) is 4.66. The molecule has 0 saturated heterocycles. The smallest absolute Gasteiger partial charge is 0.323 e. The number of hydrogen-bond donors (Lipinski definition) is 4. The first-order chi connectivity index (χ1) is 9.86. The van der Waals surface area contributed by atoms with Crippen molar-refractivity contribution in [2.75, 3.05) is 0 Å². The Labute approximate surface area is 125 Å². The number of carbonyl (C=O) groups is 5. The molecule has 0 saturated carbocycles. The van der Waals surface area contributed by atoms with Crippen LogP contribution < -0.4 is 5.73 Å². The van der Waals surface area contributed by atoms with E-state index in [0.717, 1.165) is 0 Å². The molecule has 0 spiro atoms. The van der Waals surface area contributed by atoms with Gasteiger partial charge in [-0.2, -0.15) is 0 Å². The number of hydrogen-bond acceptors (Lipinski definition) is 7. The van der Waals surface area contributed by atoms with E-state index in [2.05, 4.69) is 4.74 Å². The summed E-state index contributed by atoms with van der Waals surface area (Å²) in [4.78, 5) is 51.5. The van der Waals surface area contributed by atoms with Crippen molar-refractivity contribution in [2.45, 2.75) is 45.1 Å². The number of carboxylic acid groups (broad SMARTS) is 3. The highest BCUT2D eigenvalue weighted by Crippen LogP contribution is 1.98. The van der Waals surface area contributed by atoms with Crippen LogP contribution in [0.1, 0.15) is 39.5 Å². The highest BCUT2D eigenvalue weighted by molar-refractivity contribution is 5.88. The summed E-state index contributed by atoms with van der Waals surface area (Å²) in [6, 6.07) is 0. The maximum Gasteiger partial charge on any atom is 0.323 e. The van der Waals surface area contributed by atoms with Crippen molar-refractivity contribution in [3.8, 4) is 0 Å². The van der Waals surface area contributed by atoms with E-state index in [4.69, 9.17) is 21.1 Å². The van der Waals surface area contributed by atoms with E-state index < -0.39 is 61.1 Å². The molecule has 0 heterocycles. The Hall–Kier alpha value is -2.49. The van der Waals surface area contributed by atoms with Crippen molar-refractivity contribution in [1.82, 2.24) is 0 Å². The number of aliphatic carboxylic acids is 3. The highest BCUT2D eigenvalue weighted by atomic mass is 16.6. The largest absolute Gasteiger partial charge is 0.481 e. The average molecular weight is 321 g/mol. The van der Waals surface area contributed by atoms with Crippen LogP contribution in [0, 0.1) is 0 Å². The minimum absolute atomic E-state index is 0.409. The summed E-state index contributed by atoms with van der Waals surface area (Å²) in [7, 11) is 0. The van der Waals surface area contributed by atoms with E-state index in [1.807, 2.05) is 0 Å². The Bertz CT molecular complexity index is 408. The molecule has 0 aromatic heterocycles. The van der Waals surface area contributed by atoms with Gasteiger partial charge in [0.1, 0.15) is 5.54 Å². The molecule has 0 bridgehead atoms. The molecular formula is C12H19NO9. The molecule has 0 unspecified atom stereocenters. The zero-order valence-corrected chi connectivity index (χ0v) is 12.2. The fourth-order valence-electron chi connectivity index (χ4n) is 0.647. The van der Waals surface area contributed by atoms with Gasteiger partial charge in [0.15, 0.2) is 0 Å². The molecule has 0 radical (unpaired) electrons. The monoisotopic (exact) mass is 321 g/mol. The molecule has 10 nitrogen and oxygen atoms in total. The Morgan fingerprint density at radius 3 is 1.27 bits per heavy atom. The molecular weight excluding hydrogens is 302 g/mol. The normalized spacial score (nSPS) is 9.95.